The Kier molecular flexibility index (Phi) is 3.72. The largest absolute Gasteiger partial charge is 0.388 e. The Bertz CT molecular complexity index is 552. The van der Waals surface area contributed by atoms with Crippen LogP contribution >= 0.6 is 0 Å². The summed E-state index contributed by atoms with van der Waals surface area (Å²) in [5.74, 6) is -0.646. The van der Waals surface area contributed by atoms with E-state index in [2.05, 4.69) is 0 Å². The Hall–Kier alpha value is -1.74. The molecule has 0 fully saturated rings. The lowest BCUT2D eigenvalue weighted by Crippen LogP contribution is -2.04. The van der Waals surface area contributed by atoms with Crippen LogP contribution in [0.1, 0.15) is 22.8 Å². The van der Waals surface area contributed by atoms with E-state index in [1.54, 1.807) is 31.2 Å². The average molecular weight is 248 g/mol. The highest BCUT2D eigenvalue weighted by molar-refractivity contribution is 5.27. The lowest BCUT2D eigenvalue weighted by Gasteiger charge is -2.12. The number of benzene rings is 2. The third-order valence-corrected chi connectivity index (χ3v) is 2.94. The van der Waals surface area contributed by atoms with E-state index in [0.717, 1.165) is 0 Å². The smallest absolute Gasteiger partial charge is 0.126 e. The molecule has 0 heterocycles. The van der Waals surface area contributed by atoms with Gasteiger partial charge in [-0.1, -0.05) is 30.3 Å². The van der Waals surface area contributed by atoms with Crippen molar-refractivity contribution in [3.63, 3.8) is 0 Å². The van der Waals surface area contributed by atoms with Crippen LogP contribution in [0.15, 0.2) is 42.5 Å². The lowest BCUT2D eigenvalue weighted by molar-refractivity contribution is 0.177. The van der Waals surface area contributed by atoms with Gasteiger partial charge in [-0.3, -0.25) is 0 Å². The Morgan fingerprint density at radius 1 is 1.06 bits per heavy atom. The third-order valence-electron chi connectivity index (χ3n) is 2.94. The van der Waals surface area contributed by atoms with Crippen LogP contribution in [0.5, 0.6) is 0 Å². The first kappa shape index (κ1) is 12.7. The van der Waals surface area contributed by atoms with Crippen molar-refractivity contribution in [1.29, 1.82) is 0 Å². The average Bonchev–Trinajstić information content (AvgIpc) is 2.35. The summed E-state index contributed by atoms with van der Waals surface area (Å²) < 4.78 is 26.5. The number of aryl methyl sites for hydroxylation is 1. The van der Waals surface area contributed by atoms with E-state index in [1.165, 1.54) is 18.2 Å². The maximum atomic E-state index is 13.4. The van der Waals surface area contributed by atoms with E-state index in [9.17, 15) is 13.9 Å². The van der Waals surface area contributed by atoms with Crippen molar-refractivity contribution in [2.45, 2.75) is 19.4 Å². The zero-order valence-corrected chi connectivity index (χ0v) is 10.0. The molecule has 18 heavy (non-hydrogen) atoms. The second kappa shape index (κ2) is 5.27. The van der Waals surface area contributed by atoms with Gasteiger partial charge >= 0.3 is 0 Å². The highest BCUT2D eigenvalue weighted by Gasteiger charge is 2.12. The minimum absolute atomic E-state index is 0.178. The van der Waals surface area contributed by atoms with Gasteiger partial charge in [-0.05, 0) is 35.7 Å². The number of rotatable bonds is 3. The molecule has 94 valence electrons. The fraction of sp³-hybridized carbons (Fsp3) is 0.200. The molecule has 0 bridgehead atoms. The van der Waals surface area contributed by atoms with Gasteiger partial charge in [0.25, 0.3) is 0 Å². The monoisotopic (exact) mass is 248 g/mol. The van der Waals surface area contributed by atoms with Crippen LogP contribution in [0.25, 0.3) is 0 Å². The molecule has 1 atom stereocenters. The normalized spacial score (nSPS) is 12.4. The van der Waals surface area contributed by atoms with Crippen molar-refractivity contribution in [3.8, 4) is 0 Å². The molecule has 0 saturated carbocycles. The van der Waals surface area contributed by atoms with Crippen molar-refractivity contribution in [3.05, 3.63) is 70.8 Å². The number of hydrogen-bond acceptors (Lipinski definition) is 1. The molecule has 0 amide bonds. The van der Waals surface area contributed by atoms with Crippen LogP contribution in [0.4, 0.5) is 8.78 Å². The van der Waals surface area contributed by atoms with Gasteiger partial charge in [-0.15, -0.1) is 0 Å². The summed E-state index contributed by atoms with van der Waals surface area (Å²) in [6, 6.07) is 10.7. The van der Waals surface area contributed by atoms with Crippen LogP contribution < -0.4 is 0 Å². The minimum Gasteiger partial charge on any atom is -0.388 e. The Morgan fingerprint density at radius 2 is 1.78 bits per heavy atom. The third kappa shape index (κ3) is 2.74. The number of halogens is 2. The van der Waals surface area contributed by atoms with Crippen molar-refractivity contribution >= 4 is 0 Å². The number of hydrogen-bond donors (Lipinski definition) is 1. The molecule has 0 aliphatic carbocycles. The van der Waals surface area contributed by atoms with Crippen molar-refractivity contribution in [1.82, 2.24) is 0 Å². The molecule has 0 radical (unpaired) electrons. The topological polar surface area (TPSA) is 20.2 Å². The van der Waals surface area contributed by atoms with Crippen LogP contribution in [-0.2, 0) is 6.42 Å². The first-order chi connectivity index (χ1) is 8.58. The molecule has 2 aromatic carbocycles. The van der Waals surface area contributed by atoms with Gasteiger partial charge in [0, 0.05) is 6.42 Å². The molecule has 0 saturated heterocycles. The fourth-order valence-electron chi connectivity index (χ4n) is 1.87. The molecular weight excluding hydrogens is 234 g/mol. The fourth-order valence-corrected chi connectivity index (χ4v) is 1.87. The zero-order chi connectivity index (χ0) is 13.1. The molecule has 0 aromatic heterocycles. The summed E-state index contributed by atoms with van der Waals surface area (Å²) in [7, 11) is 0. The van der Waals surface area contributed by atoms with Crippen molar-refractivity contribution in [2.75, 3.05) is 0 Å². The van der Waals surface area contributed by atoms with Crippen LogP contribution in [0.3, 0.4) is 0 Å². The Labute approximate surface area is 105 Å². The summed E-state index contributed by atoms with van der Waals surface area (Å²) in [4.78, 5) is 0. The molecule has 0 aliphatic rings. The standard InChI is InChI=1S/C15H14F2O/c1-10-8-12(6-7-13(10)16)15(18)9-11-4-2-3-5-14(11)17/h2-8,15,18H,9H2,1H3. The Morgan fingerprint density at radius 3 is 2.44 bits per heavy atom. The van der Waals surface area contributed by atoms with Gasteiger partial charge < -0.3 is 5.11 Å². The predicted molar refractivity (Wildman–Crippen MR) is 66.2 cm³/mol. The lowest BCUT2D eigenvalue weighted by atomic mass is 9.99. The zero-order valence-electron chi connectivity index (χ0n) is 10.0. The van der Waals surface area contributed by atoms with E-state index in [0.29, 0.717) is 16.7 Å². The van der Waals surface area contributed by atoms with Crippen LogP contribution in [0.2, 0.25) is 0 Å². The molecule has 0 spiro atoms. The first-order valence-electron chi connectivity index (χ1n) is 5.75. The van der Waals surface area contributed by atoms with E-state index < -0.39 is 6.10 Å². The number of aliphatic hydroxyl groups is 1. The Balaban J connectivity index is 2.19. The summed E-state index contributed by atoms with van der Waals surface area (Å²) in [5.41, 5.74) is 1.52. The maximum Gasteiger partial charge on any atom is 0.126 e. The van der Waals surface area contributed by atoms with Gasteiger partial charge in [-0.25, -0.2) is 8.78 Å². The van der Waals surface area contributed by atoms with E-state index in [4.69, 9.17) is 0 Å². The van der Waals surface area contributed by atoms with Gasteiger partial charge in [0.2, 0.25) is 0 Å². The van der Waals surface area contributed by atoms with Gasteiger partial charge in [0.15, 0.2) is 0 Å². The molecule has 1 unspecified atom stereocenters. The molecule has 2 rings (SSSR count). The second-order valence-electron chi connectivity index (χ2n) is 4.32. The second-order valence-corrected chi connectivity index (χ2v) is 4.32. The molecule has 1 nitrogen and oxygen atoms in total. The molecule has 1 N–H and O–H groups in total. The van der Waals surface area contributed by atoms with Crippen LogP contribution in [0, 0.1) is 18.6 Å². The van der Waals surface area contributed by atoms with Crippen molar-refractivity contribution < 1.29 is 13.9 Å². The predicted octanol–water partition coefficient (Wildman–Crippen LogP) is 3.55. The van der Waals surface area contributed by atoms with E-state index in [1.807, 2.05) is 0 Å². The highest BCUT2D eigenvalue weighted by Crippen LogP contribution is 2.21. The summed E-state index contributed by atoms with van der Waals surface area (Å²) >= 11 is 0. The van der Waals surface area contributed by atoms with Gasteiger partial charge in [0.1, 0.15) is 11.6 Å². The van der Waals surface area contributed by atoms with Gasteiger partial charge in [0.05, 0.1) is 6.10 Å². The van der Waals surface area contributed by atoms with E-state index >= 15 is 0 Å². The maximum absolute atomic E-state index is 13.4. The molecule has 3 heteroatoms. The van der Waals surface area contributed by atoms with Gasteiger partial charge in [-0.2, -0.15) is 0 Å². The first-order valence-corrected chi connectivity index (χ1v) is 5.75. The number of aliphatic hydroxyl groups excluding tert-OH is 1. The minimum atomic E-state index is -0.832. The molecule has 2 aromatic rings. The SMILES string of the molecule is Cc1cc(C(O)Cc2ccccc2F)ccc1F. The summed E-state index contributed by atoms with van der Waals surface area (Å²) in [5, 5.41) is 10.0. The molecular formula is C15H14F2O. The van der Waals surface area contributed by atoms with E-state index in [-0.39, 0.29) is 18.1 Å². The van der Waals surface area contributed by atoms with Crippen molar-refractivity contribution in [2.24, 2.45) is 0 Å². The highest BCUT2D eigenvalue weighted by atomic mass is 19.1. The summed E-state index contributed by atoms with van der Waals surface area (Å²) in [6.45, 7) is 1.63. The molecule has 0 aliphatic heterocycles. The summed E-state index contributed by atoms with van der Waals surface area (Å²) in [6.07, 6.45) is -0.654. The van der Waals surface area contributed by atoms with Crippen LogP contribution in [-0.4, -0.2) is 5.11 Å². The quantitative estimate of drug-likeness (QED) is 0.880.